The normalized spacial score (nSPS) is 9.75. The molecular formula is C15H21Y-. The molecule has 1 aromatic rings. The summed E-state index contributed by atoms with van der Waals surface area (Å²) in [6, 6.07) is 5.71. The summed E-state index contributed by atoms with van der Waals surface area (Å²) in [6.45, 7) is 12.7. The van der Waals surface area contributed by atoms with E-state index in [2.05, 4.69) is 39.5 Å². The van der Waals surface area contributed by atoms with E-state index < -0.39 is 0 Å². The van der Waals surface area contributed by atoms with Crippen molar-refractivity contribution in [1.82, 2.24) is 0 Å². The van der Waals surface area contributed by atoms with E-state index in [1.165, 1.54) is 28.7 Å². The van der Waals surface area contributed by atoms with Crippen molar-refractivity contribution in [2.24, 2.45) is 0 Å². The zero-order chi connectivity index (χ0) is 11.4. The van der Waals surface area contributed by atoms with Gasteiger partial charge in [0.15, 0.2) is 0 Å². The third kappa shape index (κ3) is 3.82. The molecule has 1 aromatic carbocycles. The van der Waals surface area contributed by atoms with Crippen LogP contribution in [0.15, 0.2) is 12.6 Å². The molecule has 0 saturated heterocycles. The largest absolute Gasteiger partial charge is 0.148 e. The fraction of sp³-hybridized carbons (Fsp3) is 0.467. The first-order valence-corrected chi connectivity index (χ1v) is 5.80. The van der Waals surface area contributed by atoms with Crippen molar-refractivity contribution < 1.29 is 32.7 Å². The smallest absolute Gasteiger partial charge is 0 e. The summed E-state index contributed by atoms with van der Waals surface area (Å²) >= 11 is 0. The zero-order valence-corrected chi connectivity index (χ0v) is 13.8. The summed E-state index contributed by atoms with van der Waals surface area (Å²) in [5, 5.41) is 0. The fourth-order valence-electron chi connectivity index (χ4n) is 2.00. The summed E-state index contributed by atoms with van der Waals surface area (Å²) in [7, 11) is 0. The molecule has 0 fully saturated rings. The van der Waals surface area contributed by atoms with E-state index >= 15 is 0 Å². The molecule has 0 aliphatic carbocycles. The average Bonchev–Trinajstić information content (AvgIpc) is 2.17. The van der Waals surface area contributed by atoms with Crippen molar-refractivity contribution >= 4 is 5.57 Å². The van der Waals surface area contributed by atoms with Crippen LogP contribution in [0.2, 0.25) is 0 Å². The molecule has 0 heterocycles. The van der Waals surface area contributed by atoms with Crippen LogP contribution in [0.4, 0.5) is 0 Å². The van der Waals surface area contributed by atoms with Crippen molar-refractivity contribution in [3.05, 3.63) is 41.0 Å². The number of aryl methyl sites for hydroxylation is 2. The van der Waals surface area contributed by atoms with Crippen LogP contribution in [0, 0.1) is 13.0 Å². The second-order valence-electron chi connectivity index (χ2n) is 4.21. The molecular weight excluding hydrogens is 269 g/mol. The zero-order valence-electron chi connectivity index (χ0n) is 11.0. The quantitative estimate of drug-likeness (QED) is 0.724. The van der Waals surface area contributed by atoms with E-state index in [0.29, 0.717) is 0 Å². The van der Waals surface area contributed by atoms with E-state index in [1.807, 2.05) is 6.92 Å². The Hall–Kier alpha value is 0.0639. The van der Waals surface area contributed by atoms with E-state index in [0.717, 1.165) is 18.4 Å². The Kier molecular flexibility index (Phi) is 7.43. The fourth-order valence-corrected chi connectivity index (χ4v) is 2.00. The van der Waals surface area contributed by atoms with Crippen molar-refractivity contribution in [3.8, 4) is 0 Å². The van der Waals surface area contributed by atoms with Crippen LogP contribution in [0.25, 0.3) is 5.57 Å². The molecule has 0 bridgehead atoms. The Bertz CT molecular complexity index is 364. The summed E-state index contributed by atoms with van der Waals surface area (Å²) in [5.41, 5.74) is 6.53. The Morgan fingerprint density at radius 2 is 2.00 bits per heavy atom. The van der Waals surface area contributed by atoms with Crippen LogP contribution < -0.4 is 0 Å². The predicted octanol–water partition coefficient (Wildman–Crippen LogP) is 4.34. The van der Waals surface area contributed by atoms with Gasteiger partial charge in [-0.15, -0.1) is 46.5 Å². The molecule has 0 saturated carbocycles. The Labute approximate surface area is 125 Å². The number of benzene rings is 1. The van der Waals surface area contributed by atoms with Gasteiger partial charge in [0.2, 0.25) is 0 Å². The summed E-state index contributed by atoms with van der Waals surface area (Å²) in [5.74, 6) is 0. The number of rotatable bonds is 4. The third-order valence-electron chi connectivity index (χ3n) is 2.80. The average molecular weight is 290 g/mol. The second kappa shape index (κ2) is 7.40. The maximum absolute atomic E-state index is 3.99. The van der Waals surface area contributed by atoms with Crippen molar-refractivity contribution in [2.45, 2.75) is 47.0 Å². The van der Waals surface area contributed by atoms with Crippen LogP contribution in [0.3, 0.4) is 0 Å². The second-order valence-corrected chi connectivity index (χ2v) is 4.21. The molecule has 1 rings (SSSR count). The van der Waals surface area contributed by atoms with Gasteiger partial charge in [-0.05, 0) is 6.42 Å². The molecule has 0 aromatic heterocycles. The standard InChI is InChI=1S/C15H21.Y/c1-6-8-13-10-14(11(3)4)9-12(5)15(13)7-2;/h9H,3,6-8H2,1-2,4-5H3;/q-1;. The molecule has 0 nitrogen and oxygen atoms in total. The first-order valence-electron chi connectivity index (χ1n) is 5.80. The van der Waals surface area contributed by atoms with Gasteiger partial charge in [-0.3, -0.25) is 0 Å². The summed E-state index contributed by atoms with van der Waals surface area (Å²) in [4.78, 5) is 0. The van der Waals surface area contributed by atoms with Gasteiger partial charge in [0.1, 0.15) is 0 Å². The van der Waals surface area contributed by atoms with Crippen LogP contribution >= 0.6 is 0 Å². The number of hydrogen-bond donors (Lipinski definition) is 0. The van der Waals surface area contributed by atoms with E-state index in [-0.39, 0.29) is 32.7 Å². The number of allylic oxidation sites excluding steroid dienone is 1. The van der Waals surface area contributed by atoms with Gasteiger partial charge < -0.3 is 0 Å². The van der Waals surface area contributed by atoms with Crippen LogP contribution in [0.1, 0.15) is 49.4 Å². The molecule has 0 amide bonds. The maximum Gasteiger partial charge on any atom is 0 e. The van der Waals surface area contributed by atoms with Gasteiger partial charge >= 0.3 is 0 Å². The monoisotopic (exact) mass is 290 g/mol. The Balaban J connectivity index is 0.00000225. The first kappa shape index (κ1) is 16.1. The van der Waals surface area contributed by atoms with Gasteiger partial charge in [0.25, 0.3) is 0 Å². The van der Waals surface area contributed by atoms with Gasteiger partial charge in [0, 0.05) is 32.7 Å². The Morgan fingerprint density at radius 3 is 2.44 bits per heavy atom. The van der Waals surface area contributed by atoms with Gasteiger partial charge in [0.05, 0.1) is 0 Å². The molecule has 0 unspecified atom stereocenters. The topological polar surface area (TPSA) is 0 Å². The summed E-state index contributed by atoms with van der Waals surface area (Å²) < 4.78 is 0. The van der Waals surface area contributed by atoms with Crippen molar-refractivity contribution in [3.63, 3.8) is 0 Å². The van der Waals surface area contributed by atoms with E-state index in [1.54, 1.807) is 0 Å². The molecule has 1 radical (unpaired) electrons. The van der Waals surface area contributed by atoms with Crippen LogP contribution in [-0.4, -0.2) is 0 Å². The maximum atomic E-state index is 3.99. The molecule has 0 N–H and O–H groups in total. The molecule has 16 heavy (non-hydrogen) atoms. The molecule has 85 valence electrons. The molecule has 0 atom stereocenters. The van der Waals surface area contributed by atoms with Crippen LogP contribution in [0.5, 0.6) is 0 Å². The Morgan fingerprint density at radius 1 is 1.38 bits per heavy atom. The first-order chi connectivity index (χ1) is 7.10. The van der Waals surface area contributed by atoms with Gasteiger partial charge in [-0.2, -0.15) is 0 Å². The van der Waals surface area contributed by atoms with Gasteiger partial charge in [-0.25, -0.2) is 0 Å². The minimum atomic E-state index is 0. The van der Waals surface area contributed by atoms with Crippen LogP contribution in [-0.2, 0) is 45.6 Å². The summed E-state index contributed by atoms with van der Waals surface area (Å²) in [6.07, 6.45) is 3.42. The number of hydrogen-bond acceptors (Lipinski definition) is 0. The molecule has 0 spiro atoms. The minimum Gasteiger partial charge on any atom is -0.148 e. The molecule has 1 heteroatoms. The van der Waals surface area contributed by atoms with E-state index in [9.17, 15) is 0 Å². The third-order valence-corrected chi connectivity index (χ3v) is 2.80. The van der Waals surface area contributed by atoms with Crippen molar-refractivity contribution in [2.75, 3.05) is 0 Å². The van der Waals surface area contributed by atoms with Crippen molar-refractivity contribution in [1.29, 1.82) is 0 Å². The predicted molar refractivity (Wildman–Crippen MR) is 68.1 cm³/mol. The molecule has 0 aliphatic rings. The van der Waals surface area contributed by atoms with E-state index in [4.69, 9.17) is 0 Å². The SMILES string of the molecule is C=C(C)c1[c-]c(CCC)c(CC)c(C)c1.[Y]. The molecule has 0 aliphatic heterocycles. The van der Waals surface area contributed by atoms with Gasteiger partial charge in [-0.1, -0.05) is 40.5 Å². The minimum absolute atomic E-state index is 0.